The van der Waals surface area contributed by atoms with E-state index in [0.717, 1.165) is 24.6 Å². The molecule has 1 aliphatic heterocycles. The highest BCUT2D eigenvalue weighted by atomic mass is 32.2. The summed E-state index contributed by atoms with van der Waals surface area (Å²) in [6.45, 7) is 7.10. The van der Waals surface area contributed by atoms with Crippen LogP contribution in [-0.2, 0) is 14.8 Å². The van der Waals surface area contributed by atoms with Crippen LogP contribution >= 0.6 is 0 Å². The van der Waals surface area contributed by atoms with E-state index in [0.29, 0.717) is 19.1 Å². The normalized spacial score (nSPS) is 16.5. The van der Waals surface area contributed by atoms with Crippen molar-refractivity contribution < 1.29 is 18.1 Å². The van der Waals surface area contributed by atoms with Gasteiger partial charge in [0.15, 0.2) is 0 Å². The predicted molar refractivity (Wildman–Crippen MR) is 103 cm³/mol. The van der Waals surface area contributed by atoms with Crippen LogP contribution in [0.4, 0.5) is 11.4 Å². The fourth-order valence-corrected chi connectivity index (χ4v) is 4.13. The van der Waals surface area contributed by atoms with E-state index in [2.05, 4.69) is 24.4 Å². The number of nitro benzene ring substituents is 1. The molecule has 0 radical (unpaired) electrons. The smallest absolute Gasteiger partial charge is 0.270 e. The maximum Gasteiger partial charge on any atom is 0.270 e. The monoisotopic (exact) mass is 398 g/mol. The second kappa shape index (κ2) is 9.25. The summed E-state index contributed by atoms with van der Waals surface area (Å²) in [6.07, 6.45) is 1.75. The van der Waals surface area contributed by atoms with E-state index in [4.69, 9.17) is 4.74 Å². The fourth-order valence-electron chi connectivity index (χ4n) is 2.57. The Bertz CT molecular complexity index is 802. The van der Waals surface area contributed by atoms with Crippen molar-refractivity contribution in [2.75, 3.05) is 31.7 Å². The lowest BCUT2D eigenvalue weighted by molar-refractivity contribution is -0.385. The van der Waals surface area contributed by atoms with Crippen LogP contribution < -0.4 is 5.43 Å². The summed E-state index contributed by atoms with van der Waals surface area (Å²) in [5.74, 6) is 0.534. The van der Waals surface area contributed by atoms with Gasteiger partial charge in [0.1, 0.15) is 4.90 Å². The number of ether oxygens (including phenoxy) is 1. The van der Waals surface area contributed by atoms with Gasteiger partial charge < -0.3 is 4.74 Å². The van der Waals surface area contributed by atoms with Gasteiger partial charge in [-0.05, 0) is 31.7 Å². The van der Waals surface area contributed by atoms with Crippen LogP contribution in [0.25, 0.3) is 0 Å². The lowest BCUT2D eigenvalue weighted by Gasteiger charge is -2.26. The molecule has 150 valence electrons. The topological polar surface area (TPSA) is 114 Å². The summed E-state index contributed by atoms with van der Waals surface area (Å²) in [7, 11) is -3.91. The molecule has 0 amide bonds. The molecule has 9 nitrogen and oxygen atoms in total. The Balaban J connectivity index is 2.34. The van der Waals surface area contributed by atoms with E-state index in [9.17, 15) is 18.5 Å². The number of hydrazone groups is 1. The minimum atomic E-state index is -3.91. The van der Waals surface area contributed by atoms with Gasteiger partial charge in [0.25, 0.3) is 5.69 Å². The number of nitro groups is 1. The Morgan fingerprint density at radius 3 is 2.63 bits per heavy atom. The number of non-ortho nitro benzene ring substituents is 1. The van der Waals surface area contributed by atoms with Crippen LogP contribution in [-0.4, -0.2) is 49.7 Å². The average molecular weight is 398 g/mol. The summed E-state index contributed by atoms with van der Waals surface area (Å²) in [5, 5.41) is 15.4. The molecule has 0 aliphatic carbocycles. The number of hydrogen-bond donors (Lipinski definition) is 1. The molecule has 27 heavy (non-hydrogen) atoms. The number of nitrogens with zero attached hydrogens (tertiary/aromatic N) is 3. The molecule has 0 spiro atoms. The third-order valence-corrected chi connectivity index (χ3v) is 6.15. The Morgan fingerprint density at radius 2 is 2.04 bits per heavy atom. The molecule has 1 fully saturated rings. The largest absolute Gasteiger partial charge is 0.379 e. The molecule has 0 atom stereocenters. The number of anilines is 1. The maximum absolute atomic E-state index is 13.0. The molecule has 1 aromatic rings. The van der Waals surface area contributed by atoms with Crippen molar-refractivity contribution in [3.05, 3.63) is 28.3 Å². The molecule has 0 unspecified atom stereocenters. The van der Waals surface area contributed by atoms with Crippen molar-refractivity contribution in [3.8, 4) is 0 Å². The van der Waals surface area contributed by atoms with E-state index >= 15 is 0 Å². The van der Waals surface area contributed by atoms with Gasteiger partial charge in [-0.3, -0.25) is 15.5 Å². The van der Waals surface area contributed by atoms with Gasteiger partial charge in [0.2, 0.25) is 10.0 Å². The molecule has 1 aromatic carbocycles. The minimum Gasteiger partial charge on any atom is -0.379 e. The predicted octanol–water partition coefficient (Wildman–Crippen LogP) is 2.84. The average Bonchev–Trinajstić information content (AvgIpc) is 2.65. The highest BCUT2D eigenvalue weighted by Gasteiger charge is 2.30. The second-order valence-corrected chi connectivity index (χ2v) is 8.75. The fraction of sp³-hybridized carbons (Fsp3) is 0.588. The lowest BCUT2D eigenvalue weighted by Crippen LogP contribution is -2.40. The van der Waals surface area contributed by atoms with Crippen LogP contribution in [0.5, 0.6) is 0 Å². The minimum absolute atomic E-state index is 0.154. The summed E-state index contributed by atoms with van der Waals surface area (Å²) in [5.41, 5.74) is 3.54. The van der Waals surface area contributed by atoms with E-state index in [1.807, 2.05) is 6.92 Å². The Hall–Kier alpha value is -2.04. The number of rotatable bonds is 8. The van der Waals surface area contributed by atoms with Crippen LogP contribution in [0.15, 0.2) is 28.2 Å². The molecule has 0 bridgehead atoms. The van der Waals surface area contributed by atoms with Crippen molar-refractivity contribution in [2.24, 2.45) is 11.0 Å². The first-order valence-corrected chi connectivity index (χ1v) is 10.3. The van der Waals surface area contributed by atoms with Crippen LogP contribution in [0.2, 0.25) is 0 Å². The van der Waals surface area contributed by atoms with Gasteiger partial charge in [0.05, 0.1) is 23.8 Å². The SMILES string of the molecule is C/C(CCC(C)C)=N/Nc1ccc([N+](=O)[O-])cc1S(=O)(=O)N1CCOCC1. The molecule has 1 N–H and O–H groups in total. The number of hydrogen-bond acceptors (Lipinski definition) is 7. The van der Waals surface area contributed by atoms with Crippen LogP contribution in [0.3, 0.4) is 0 Å². The first-order chi connectivity index (χ1) is 12.7. The quantitative estimate of drug-likeness (QED) is 0.409. The lowest BCUT2D eigenvalue weighted by atomic mass is 10.1. The number of nitrogens with one attached hydrogen (secondary N) is 1. The van der Waals surface area contributed by atoms with Crippen LogP contribution in [0.1, 0.15) is 33.6 Å². The summed E-state index contributed by atoms with van der Waals surface area (Å²) >= 11 is 0. The van der Waals surface area contributed by atoms with Crippen LogP contribution in [0, 0.1) is 16.0 Å². The molecule has 0 saturated carbocycles. The second-order valence-electron chi connectivity index (χ2n) is 6.85. The van der Waals surface area contributed by atoms with Gasteiger partial charge in [-0.15, -0.1) is 0 Å². The zero-order valence-electron chi connectivity index (χ0n) is 15.8. The number of benzene rings is 1. The Morgan fingerprint density at radius 1 is 1.37 bits per heavy atom. The molecule has 10 heteroatoms. The van der Waals surface area contributed by atoms with E-state index < -0.39 is 14.9 Å². The third-order valence-electron chi connectivity index (χ3n) is 4.21. The molecular weight excluding hydrogens is 372 g/mol. The summed E-state index contributed by atoms with van der Waals surface area (Å²) in [6, 6.07) is 3.72. The molecular formula is C17H26N4O5S. The van der Waals surface area contributed by atoms with E-state index in [-0.39, 0.29) is 29.4 Å². The van der Waals surface area contributed by atoms with Gasteiger partial charge in [-0.1, -0.05) is 13.8 Å². The third kappa shape index (κ3) is 5.72. The van der Waals surface area contributed by atoms with Crippen molar-refractivity contribution in [1.82, 2.24) is 4.31 Å². The molecule has 2 rings (SSSR count). The van der Waals surface area contributed by atoms with Crippen molar-refractivity contribution >= 4 is 27.1 Å². The molecule has 1 heterocycles. The van der Waals surface area contributed by atoms with E-state index in [1.165, 1.54) is 16.4 Å². The zero-order chi connectivity index (χ0) is 20.0. The van der Waals surface area contributed by atoms with Crippen molar-refractivity contribution in [1.29, 1.82) is 0 Å². The van der Waals surface area contributed by atoms with Gasteiger partial charge in [-0.25, -0.2) is 8.42 Å². The van der Waals surface area contributed by atoms with Crippen molar-refractivity contribution in [2.45, 2.75) is 38.5 Å². The highest BCUT2D eigenvalue weighted by Crippen LogP contribution is 2.29. The van der Waals surface area contributed by atoms with Gasteiger partial charge >= 0.3 is 0 Å². The highest BCUT2D eigenvalue weighted by molar-refractivity contribution is 7.89. The summed E-state index contributed by atoms with van der Waals surface area (Å²) < 4.78 is 32.5. The van der Waals surface area contributed by atoms with E-state index in [1.54, 1.807) is 0 Å². The maximum atomic E-state index is 13.0. The number of morpholine rings is 1. The van der Waals surface area contributed by atoms with Gasteiger partial charge in [0, 0.05) is 30.9 Å². The summed E-state index contributed by atoms with van der Waals surface area (Å²) in [4.78, 5) is 10.3. The first-order valence-electron chi connectivity index (χ1n) is 8.87. The Labute approximate surface area is 159 Å². The van der Waals surface area contributed by atoms with Gasteiger partial charge in [-0.2, -0.15) is 9.41 Å². The zero-order valence-corrected chi connectivity index (χ0v) is 16.7. The first kappa shape index (κ1) is 21.3. The molecule has 0 aromatic heterocycles. The number of sulfonamides is 1. The Kier molecular flexibility index (Phi) is 7.28. The molecule has 1 aliphatic rings. The van der Waals surface area contributed by atoms with Crippen molar-refractivity contribution in [3.63, 3.8) is 0 Å². The molecule has 1 saturated heterocycles. The standard InChI is InChI=1S/C17H26N4O5S/c1-13(2)4-5-14(3)18-19-16-7-6-15(21(22)23)12-17(16)27(24,25)20-8-10-26-11-9-20/h6-7,12-13,19H,4-5,8-11H2,1-3H3/b18-14-.